The lowest BCUT2D eigenvalue weighted by molar-refractivity contribution is -0.163. The van der Waals surface area contributed by atoms with Crippen LogP contribution in [0.4, 0.5) is 0 Å². The minimum atomic E-state index is -0.537. The molecule has 0 fully saturated rings. The fourth-order valence-corrected chi connectivity index (χ4v) is 7.41. The molecule has 0 bridgehead atoms. The monoisotopic (exact) mass is 815 g/mol. The summed E-state index contributed by atoms with van der Waals surface area (Å²) in [5.41, 5.74) is 0. The van der Waals surface area contributed by atoms with Crippen molar-refractivity contribution in [3.8, 4) is 0 Å². The van der Waals surface area contributed by atoms with E-state index in [-0.39, 0.29) is 25.2 Å². The van der Waals surface area contributed by atoms with Crippen molar-refractivity contribution in [2.45, 2.75) is 271 Å². The average molecular weight is 815 g/mol. The van der Waals surface area contributed by atoms with Crippen molar-refractivity contribution in [3.63, 3.8) is 0 Å². The molecule has 0 aromatic heterocycles. The van der Waals surface area contributed by atoms with Gasteiger partial charge in [0, 0.05) is 19.4 Å². The summed E-state index contributed by atoms with van der Waals surface area (Å²) in [5, 5.41) is 0. The molecule has 0 saturated heterocycles. The second-order valence-electron chi connectivity index (χ2n) is 17.1. The quantitative estimate of drug-likeness (QED) is 0.0348. The molecule has 0 spiro atoms. The van der Waals surface area contributed by atoms with E-state index in [9.17, 15) is 9.59 Å². The van der Waals surface area contributed by atoms with Crippen molar-refractivity contribution in [2.75, 3.05) is 19.8 Å². The molecule has 0 saturated carbocycles. The van der Waals surface area contributed by atoms with E-state index in [4.69, 9.17) is 14.2 Å². The maximum Gasteiger partial charge on any atom is 0.306 e. The topological polar surface area (TPSA) is 61.8 Å². The normalized spacial score (nSPS) is 12.4. The molecule has 0 aromatic rings. The van der Waals surface area contributed by atoms with Gasteiger partial charge in [0.2, 0.25) is 0 Å². The highest BCUT2D eigenvalue weighted by molar-refractivity contribution is 5.70. The standard InChI is InChI=1S/C53H98O5/c1-4-7-10-13-16-19-21-23-25-26-27-28-30-31-33-35-37-40-43-46-52(54)57-50-51(49-56-48-45-42-39-18-15-12-9-6-3)58-53(55)47-44-41-38-36-34-32-29-24-22-20-17-14-11-8-5-2/h8,11,17,20,24,29,51H,4-7,9-10,12-16,18-19,21-23,25-28,30-50H2,1-3H3/b11-8-,20-17-,29-24-. The van der Waals surface area contributed by atoms with Gasteiger partial charge in [0.1, 0.15) is 6.61 Å². The van der Waals surface area contributed by atoms with E-state index in [1.54, 1.807) is 0 Å². The van der Waals surface area contributed by atoms with Crippen LogP contribution in [0.3, 0.4) is 0 Å². The van der Waals surface area contributed by atoms with Gasteiger partial charge in [-0.2, -0.15) is 0 Å². The Balaban J connectivity index is 4.12. The number of hydrogen-bond donors (Lipinski definition) is 0. The first-order chi connectivity index (χ1) is 28.6. The molecule has 0 N–H and O–H groups in total. The zero-order valence-corrected chi connectivity index (χ0v) is 39.1. The average Bonchev–Trinajstić information content (AvgIpc) is 3.22. The summed E-state index contributed by atoms with van der Waals surface area (Å²) in [6, 6.07) is 0. The Morgan fingerprint density at radius 1 is 0.397 bits per heavy atom. The van der Waals surface area contributed by atoms with E-state index in [0.29, 0.717) is 19.4 Å². The summed E-state index contributed by atoms with van der Waals surface area (Å²) in [4.78, 5) is 25.3. The van der Waals surface area contributed by atoms with Crippen molar-refractivity contribution in [1.82, 2.24) is 0 Å². The van der Waals surface area contributed by atoms with Gasteiger partial charge in [-0.3, -0.25) is 9.59 Å². The number of unbranched alkanes of at least 4 members (excludes halogenated alkanes) is 30. The Morgan fingerprint density at radius 2 is 0.776 bits per heavy atom. The van der Waals surface area contributed by atoms with Gasteiger partial charge in [-0.25, -0.2) is 0 Å². The van der Waals surface area contributed by atoms with Gasteiger partial charge in [-0.05, 0) is 51.4 Å². The predicted octanol–water partition coefficient (Wildman–Crippen LogP) is 17.0. The largest absolute Gasteiger partial charge is 0.462 e. The first-order valence-electron chi connectivity index (χ1n) is 25.5. The van der Waals surface area contributed by atoms with Gasteiger partial charge in [0.15, 0.2) is 6.10 Å². The molecule has 0 aliphatic heterocycles. The van der Waals surface area contributed by atoms with Crippen molar-refractivity contribution in [2.24, 2.45) is 0 Å². The third-order valence-electron chi connectivity index (χ3n) is 11.2. The summed E-state index contributed by atoms with van der Waals surface area (Å²) >= 11 is 0. The summed E-state index contributed by atoms with van der Waals surface area (Å²) in [6.07, 6.45) is 58.7. The number of rotatable bonds is 47. The molecule has 0 radical (unpaired) electrons. The highest BCUT2D eigenvalue weighted by Crippen LogP contribution is 2.16. The molecule has 0 aliphatic carbocycles. The predicted molar refractivity (Wildman–Crippen MR) is 252 cm³/mol. The molecular formula is C53H98O5. The van der Waals surface area contributed by atoms with Crippen LogP contribution >= 0.6 is 0 Å². The van der Waals surface area contributed by atoms with Gasteiger partial charge in [0.25, 0.3) is 0 Å². The smallest absolute Gasteiger partial charge is 0.306 e. The van der Waals surface area contributed by atoms with Crippen LogP contribution in [0.1, 0.15) is 265 Å². The summed E-state index contributed by atoms with van der Waals surface area (Å²) in [7, 11) is 0. The molecule has 5 nitrogen and oxygen atoms in total. The van der Waals surface area contributed by atoms with E-state index in [0.717, 1.165) is 70.6 Å². The van der Waals surface area contributed by atoms with E-state index >= 15 is 0 Å². The maximum atomic E-state index is 12.7. The summed E-state index contributed by atoms with van der Waals surface area (Å²) in [6.45, 7) is 7.72. The van der Waals surface area contributed by atoms with Gasteiger partial charge < -0.3 is 14.2 Å². The minimum absolute atomic E-state index is 0.0837. The molecule has 0 aromatic carbocycles. The second kappa shape index (κ2) is 49.5. The van der Waals surface area contributed by atoms with Crippen LogP contribution in [0, 0.1) is 0 Å². The Morgan fingerprint density at radius 3 is 1.24 bits per heavy atom. The Hall–Kier alpha value is -1.88. The molecule has 0 amide bonds. The van der Waals surface area contributed by atoms with Gasteiger partial charge in [0.05, 0.1) is 6.61 Å². The third-order valence-corrected chi connectivity index (χ3v) is 11.2. The molecule has 5 heteroatoms. The SMILES string of the molecule is CC/C=C\C/C=C\C/C=C\CCCCCCCC(=O)OC(COCCCCCCCCCC)COC(=O)CCCCCCCCCCCCCCCCCCCCC. The molecule has 0 heterocycles. The lowest BCUT2D eigenvalue weighted by atomic mass is 10.0. The molecule has 1 unspecified atom stereocenters. The number of carbonyl (C=O) groups excluding carboxylic acids is 2. The van der Waals surface area contributed by atoms with Crippen LogP contribution in [0.2, 0.25) is 0 Å². The van der Waals surface area contributed by atoms with Gasteiger partial charge in [-0.15, -0.1) is 0 Å². The third kappa shape index (κ3) is 46.8. The highest BCUT2D eigenvalue weighted by Gasteiger charge is 2.17. The lowest BCUT2D eigenvalue weighted by Crippen LogP contribution is -2.30. The maximum absolute atomic E-state index is 12.7. The number of hydrogen-bond acceptors (Lipinski definition) is 5. The zero-order chi connectivity index (χ0) is 42.1. The van der Waals surface area contributed by atoms with Crippen molar-refractivity contribution < 1.29 is 23.8 Å². The van der Waals surface area contributed by atoms with Crippen LogP contribution in [-0.2, 0) is 23.8 Å². The Labute approximate surface area is 361 Å². The van der Waals surface area contributed by atoms with Crippen LogP contribution < -0.4 is 0 Å². The van der Waals surface area contributed by atoms with E-state index in [2.05, 4.69) is 57.2 Å². The van der Waals surface area contributed by atoms with Crippen LogP contribution in [0.25, 0.3) is 0 Å². The number of esters is 2. The van der Waals surface area contributed by atoms with Crippen LogP contribution in [0.5, 0.6) is 0 Å². The molecule has 0 rings (SSSR count). The van der Waals surface area contributed by atoms with Gasteiger partial charge >= 0.3 is 11.9 Å². The Bertz CT molecular complexity index is 924. The Kier molecular flexibility index (Phi) is 47.9. The lowest BCUT2D eigenvalue weighted by Gasteiger charge is -2.18. The van der Waals surface area contributed by atoms with Crippen LogP contribution in [-0.4, -0.2) is 37.9 Å². The zero-order valence-electron chi connectivity index (χ0n) is 39.1. The van der Waals surface area contributed by atoms with E-state index < -0.39 is 6.10 Å². The first-order valence-corrected chi connectivity index (χ1v) is 25.5. The van der Waals surface area contributed by atoms with E-state index in [1.165, 1.54) is 161 Å². The van der Waals surface area contributed by atoms with Crippen molar-refractivity contribution in [1.29, 1.82) is 0 Å². The van der Waals surface area contributed by atoms with E-state index in [1.807, 2.05) is 0 Å². The molecule has 58 heavy (non-hydrogen) atoms. The van der Waals surface area contributed by atoms with Crippen LogP contribution in [0.15, 0.2) is 36.5 Å². The van der Waals surface area contributed by atoms with Crippen molar-refractivity contribution >= 4 is 11.9 Å². The second-order valence-corrected chi connectivity index (χ2v) is 17.1. The fourth-order valence-electron chi connectivity index (χ4n) is 7.41. The molecular weight excluding hydrogens is 717 g/mol. The number of carbonyl (C=O) groups is 2. The molecule has 340 valence electrons. The highest BCUT2D eigenvalue weighted by atomic mass is 16.6. The number of allylic oxidation sites excluding steroid dienone is 6. The summed E-state index contributed by atoms with van der Waals surface area (Å²) in [5.74, 6) is -0.404. The molecule has 1 atom stereocenters. The first kappa shape index (κ1) is 56.1. The van der Waals surface area contributed by atoms with Crippen molar-refractivity contribution in [3.05, 3.63) is 36.5 Å². The molecule has 0 aliphatic rings. The fraction of sp³-hybridized carbons (Fsp3) is 0.849. The summed E-state index contributed by atoms with van der Waals surface area (Å²) < 4.78 is 17.3. The van der Waals surface area contributed by atoms with Gasteiger partial charge in [-0.1, -0.05) is 237 Å². The minimum Gasteiger partial charge on any atom is -0.462 e. The number of ether oxygens (including phenoxy) is 3.